The summed E-state index contributed by atoms with van der Waals surface area (Å²) in [5.74, 6) is 1.36. The number of aromatic nitrogens is 2. The number of nitrogens with zero attached hydrogens (tertiary/aromatic N) is 2. The monoisotopic (exact) mass is 379 g/mol. The molecule has 0 unspecified atom stereocenters. The summed E-state index contributed by atoms with van der Waals surface area (Å²) in [6, 6.07) is 11.4. The predicted molar refractivity (Wildman–Crippen MR) is 108 cm³/mol. The van der Waals surface area contributed by atoms with Crippen LogP contribution in [0, 0.1) is 13.8 Å². The molecule has 1 aromatic heterocycles. The Hall–Kier alpha value is -3.28. The van der Waals surface area contributed by atoms with Crippen LogP contribution in [0.5, 0.6) is 11.5 Å². The fourth-order valence-electron chi connectivity index (χ4n) is 2.90. The molecule has 0 bridgehead atoms. The van der Waals surface area contributed by atoms with Crippen LogP contribution in [-0.2, 0) is 20.2 Å². The molecule has 6 nitrogen and oxygen atoms in total. The highest BCUT2D eigenvalue weighted by atomic mass is 16.5. The fourth-order valence-corrected chi connectivity index (χ4v) is 2.90. The number of carbonyl (C=O) groups is 1. The molecule has 6 heteroatoms. The Morgan fingerprint density at radius 1 is 1.14 bits per heavy atom. The topological polar surface area (TPSA) is 65.4 Å². The first-order valence-electron chi connectivity index (χ1n) is 9.09. The molecule has 3 aromatic rings. The molecule has 1 amide bonds. The molecule has 0 fully saturated rings. The fraction of sp³-hybridized carbons (Fsp3) is 0.273. The molecule has 0 aliphatic heterocycles. The van der Waals surface area contributed by atoms with Crippen LogP contribution in [0.25, 0.3) is 0 Å². The van der Waals surface area contributed by atoms with Crippen LogP contribution in [0.15, 0.2) is 48.8 Å². The molecule has 0 aliphatic carbocycles. The van der Waals surface area contributed by atoms with E-state index >= 15 is 0 Å². The lowest BCUT2D eigenvalue weighted by atomic mass is 10.1. The van der Waals surface area contributed by atoms with E-state index in [4.69, 9.17) is 9.47 Å². The highest BCUT2D eigenvalue weighted by Gasteiger charge is 2.12. The molecule has 0 saturated heterocycles. The molecule has 0 saturated carbocycles. The molecule has 0 aliphatic rings. The molecule has 146 valence electrons. The largest absolute Gasteiger partial charge is 0.496 e. The third-order valence-corrected chi connectivity index (χ3v) is 4.48. The summed E-state index contributed by atoms with van der Waals surface area (Å²) in [5, 5.41) is 7.01. The maximum Gasteiger partial charge on any atom is 0.251 e. The molecule has 1 N–H and O–H groups in total. The number of hydrogen-bond donors (Lipinski definition) is 1. The van der Waals surface area contributed by atoms with Gasteiger partial charge in [0.25, 0.3) is 5.91 Å². The minimum Gasteiger partial charge on any atom is -0.496 e. The number of nitrogens with one attached hydrogen (secondary N) is 1. The molecular weight excluding hydrogens is 354 g/mol. The van der Waals surface area contributed by atoms with Gasteiger partial charge in [-0.25, -0.2) is 0 Å². The Morgan fingerprint density at radius 2 is 1.96 bits per heavy atom. The quantitative estimate of drug-likeness (QED) is 0.682. The lowest BCUT2D eigenvalue weighted by Gasteiger charge is -2.14. The SMILES string of the molecule is COc1ccc(C(=O)NCc2cnn(C)c2)cc1COc1cc(C)ccc1C. The Labute approximate surface area is 165 Å². The van der Waals surface area contributed by atoms with E-state index in [1.807, 2.05) is 45.3 Å². The van der Waals surface area contributed by atoms with E-state index in [1.54, 1.807) is 30.1 Å². The lowest BCUT2D eigenvalue weighted by molar-refractivity contribution is 0.0950. The summed E-state index contributed by atoms with van der Waals surface area (Å²) >= 11 is 0. The number of amides is 1. The molecule has 1 heterocycles. The zero-order chi connectivity index (χ0) is 20.1. The first kappa shape index (κ1) is 19.5. The second-order valence-electron chi connectivity index (χ2n) is 6.79. The molecule has 0 radical (unpaired) electrons. The summed E-state index contributed by atoms with van der Waals surface area (Å²) in [7, 11) is 3.45. The number of ether oxygens (including phenoxy) is 2. The molecule has 0 spiro atoms. The maximum atomic E-state index is 12.5. The van der Waals surface area contributed by atoms with Gasteiger partial charge in [-0.1, -0.05) is 12.1 Å². The van der Waals surface area contributed by atoms with Crippen LogP contribution < -0.4 is 14.8 Å². The van der Waals surface area contributed by atoms with Gasteiger partial charge in [0.2, 0.25) is 0 Å². The average Bonchev–Trinajstić information content (AvgIpc) is 3.11. The van der Waals surface area contributed by atoms with Crippen molar-refractivity contribution < 1.29 is 14.3 Å². The van der Waals surface area contributed by atoms with Crippen molar-refractivity contribution in [2.45, 2.75) is 27.0 Å². The van der Waals surface area contributed by atoms with E-state index in [-0.39, 0.29) is 5.91 Å². The van der Waals surface area contributed by atoms with Gasteiger partial charge >= 0.3 is 0 Å². The molecule has 2 aromatic carbocycles. The van der Waals surface area contributed by atoms with Gasteiger partial charge < -0.3 is 14.8 Å². The summed E-state index contributed by atoms with van der Waals surface area (Å²) < 4.78 is 13.1. The van der Waals surface area contributed by atoms with Crippen LogP contribution in [-0.4, -0.2) is 22.8 Å². The number of benzene rings is 2. The molecule has 3 rings (SSSR count). The van der Waals surface area contributed by atoms with Crippen molar-refractivity contribution >= 4 is 5.91 Å². The third kappa shape index (κ3) is 4.71. The van der Waals surface area contributed by atoms with E-state index in [0.29, 0.717) is 24.5 Å². The molecular formula is C22H25N3O3. The van der Waals surface area contributed by atoms with Gasteiger partial charge in [-0.2, -0.15) is 5.10 Å². The minimum absolute atomic E-state index is 0.153. The summed E-state index contributed by atoms with van der Waals surface area (Å²) in [5.41, 5.74) is 4.52. The van der Waals surface area contributed by atoms with Crippen molar-refractivity contribution in [3.63, 3.8) is 0 Å². The number of rotatable bonds is 7. The highest BCUT2D eigenvalue weighted by molar-refractivity contribution is 5.94. The first-order chi connectivity index (χ1) is 13.5. The van der Waals surface area contributed by atoms with Crippen molar-refractivity contribution in [2.75, 3.05) is 7.11 Å². The Bertz CT molecular complexity index is 979. The number of methoxy groups -OCH3 is 1. The number of hydrogen-bond acceptors (Lipinski definition) is 4. The van der Waals surface area contributed by atoms with E-state index in [0.717, 1.165) is 28.0 Å². The molecule has 28 heavy (non-hydrogen) atoms. The first-order valence-corrected chi connectivity index (χ1v) is 9.09. The van der Waals surface area contributed by atoms with Crippen LogP contribution in [0.4, 0.5) is 0 Å². The maximum absolute atomic E-state index is 12.5. The standard InChI is InChI=1S/C22H25N3O3/c1-15-5-6-16(2)21(9-15)28-14-19-10-18(7-8-20(19)27-4)22(26)23-11-17-12-24-25(3)13-17/h5-10,12-13H,11,14H2,1-4H3,(H,23,26). The molecule has 0 atom stereocenters. The lowest BCUT2D eigenvalue weighted by Crippen LogP contribution is -2.22. The summed E-state index contributed by atoms with van der Waals surface area (Å²) in [6.45, 7) is 4.78. The second-order valence-corrected chi connectivity index (χ2v) is 6.79. The zero-order valence-corrected chi connectivity index (χ0v) is 16.7. The summed E-state index contributed by atoms with van der Waals surface area (Å²) in [4.78, 5) is 12.5. The normalized spacial score (nSPS) is 10.6. The van der Waals surface area contributed by atoms with Gasteiger partial charge in [0, 0.05) is 36.5 Å². The Balaban J connectivity index is 1.71. The Morgan fingerprint density at radius 3 is 2.68 bits per heavy atom. The average molecular weight is 379 g/mol. The van der Waals surface area contributed by atoms with Crippen LogP contribution >= 0.6 is 0 Å². The van der Waals surface area contributed by atoms with Gasteiger partial charge in [-0.15, -0.1) is 0 Å². The van der Waals surface area contributed by atoms with Crippen LogP contribution in [0.2, 0.25) is 0 Å². The highest BCUT2D eigenvalue weighted by Crippen LogP contribution is 2.25. The summed E-state index contributed by atoms with van der Waals surface area (Å²) in [6.07, 6.45) is 3.61. The van der Waals surface area contributed by atoms with E-state index in [9.17, 15) is 4.79 Å². The van der Waals surface area contributed by atoms with Crippen molar-refractivity contribution in [1.29, 1.82) is 0 Å². The van der Waals surface area contributed by atoms with Crippen molar-refractivity contribution in [3.8, 4) is 11.5 Å². The van der Waals surface area contributed by atoms with E-state index in [2.05, 4.69) is 16.5 Å². The third-order valence-electron chi connectivity index (χ3n) is 4.48. The van der Waals surface area contributed by atoms with Gasteiger partial charge in [0.05, 0.1) is 13.3 Å². The number of carbonyl (C=O) groups excluding carboxylic acids is 1. The minimum atomic E-state index is -0.153. The Kier molecular flexibility index (Phi) is 5.99. The predicted octanol–water partition coefficient (Wildman–Crippen LogP) is 3.55. The van der Waals surface area contributed by atoms with Crippen LogP contribution in [0.1, 0.15) is 32.6 Å². The van der Waals surface area contributed by atoms with Crippen molar-refractivity contribution in [1.82, 2.24) is 15.1 Å². The van der Waals surface area contributed by atoms with Gasteiger partial charge in [0.15, 0.2) is 0 Å². The van der Waals surface area contributed by atoms with E-state index in [1.165, 1.54) is 0 Å². The van der Waals surface area contributed by atoms with Crippen LogP contribution in [0.3, 0.4) is 0 Å². The smallest absolute Gasteiger partial charge is 0.251 e. The number of aryl methyl sites for hydroxylation is 3. The van der Waals surface area contributed by atoms with Gasteiger partial charge in [-0.3, -0.25) is 9.48 Å². The zero-order valence-electron chi connectivity index (χ0n) is 16.7. The van der Waals surface area contributed by atoms with Gasteiger partial charge in [-0.05, 0) is 49.2 Å². The van der Waals surface area contributed by atoms with Gasteiger partial charge in [0.1, 0.15) is 18.1 Å². The van der Waals surface area contributed by atoms with E-state index < -0.39 is 0 Å². The van der Waals surface area contributed by atoms with Crippen molar-refractivity contribution in [3.05, 3.63) is 76.6 Å². The second kappa shape index (κ2) is 8.61. The van der Waals surface area contributed by atoms with Crippen molar-refractivity contribution in [2.24, 2.45) is 7.05 Å².